The quantitative estimate of drug-likeness (QED) is 0.434. The molecule has 30 heavy (non-hydrogen) atoms. The number of fused-ring (bicyclic) bond motifs is 2. The van der Waals surface area contributed by atoms with Gasteiger partial charge in [-0.25, -0.2) is 9.50 Å². The summed E-state index contributed by atoms with van der Waals surface area (Å²) in [5.41, 5.74) is 7.09. The Morgan fingerprint density at radius 1 is 1.10 bits per heavy atom. The van der Waals surface area contributed by atoms with Crippen LogP contribution in [0.15, 0.2) is 42.0 Å². The van der Waals surface area contributed by atoms with E-state index in [0.29, 0.717) is 5.41 Å². The average Bonchev–Trinajstić information content (AvgIpc) is 3.47. The van der Waals surface area contributed by atoms with Crippen molar-refractivity contribution in [3.05, 3.63) is 63.3 Å². The van der Waals surface area contributed by atoms with E-state index in [-0.39, 0.29) is 0 Å². The van der Waals surface area contributed by atoms with Crippen LogP contribution in [-0.2, 0) is 12.8 Å². The lowest BCUT2D eigenvalue weighted by atomic mass is 9.76. The van der Waals surface area contributed by atoms with Crippen LogP contribution in [0.3, 0.4) is 0 Å². The second kappa shape index (κ2) is 6.79. The van der Waals surface area contributed by atoms with Crippen LogP contribution in [0, 0.1) is 12.3 Å². The topological polar surface area (TPSA) is 46.3 Å². The highest BCUT2D eigenvalue weighted by Crippen LogP contribution is 2.45. The molecule has 2 aliphatic rings. The van der Waals surface area contributed by atoms with Crippen LogP contribution in [0.2, 0.25) is 4.34 Å². The Morgan fingerprint density at radius 2 is 1.97 bits per heavy atom. The molecule has 1 saturated heterocycles. The monoisotopic (exact) mass is 435 g/mol. The molecule has 0 radical (unpaired) electrons. The molecule has 0 unspecified atom stereocenters. The van der Waals surface area contributed by atoms with Crippen molar-refractivity contribution in [2.24, 2.45) is 5.41 Å². The summed E-state index contributed by atoms with van der Waals surface area (Å²) in [6.45, 7) is 4.08. The molecule has 1 fully saturated rings. The molecule has 1 aliphatic heterocycles. The average molecular weight is 436 g/mol. The van der Waals surface area contributed by atoms with Crippen LogP contribution in [-0.4, -0.2) is 32.7 Å². The van der Waals surface area contributed by atoms with E-state index < -0.39 is 0 Å². The zero-order valence-corrected chi connectivity index (χ0v) is 18.4. The second-order valence-corrected chi connectivity index (χ2v) is 10.1. The van der Waals surface area contributed by atoms with E-state index in [1.165, 1.54) is 35.4 Å². The summed E-state index contributed by atoms with van der Waals surface area (Å²) in [6.07, 6.45) is 8.39. The fourth-order valence-electron chi connectivity index (χ4n) is 5.24. The molecule has 0 amide bonds. The number of pyridine rings is 1. The molecule has 0 bridgehead atoms. The Kier molecular flexibility index (Phi) is 4.15. The summed E-state index contributed by atoms with van der Waals surface area (Å²) in [4.78, 5) is 12.1. The van der Waals surface area contributed by atoms with E-state index >= 15 is 0 Å². The number of nitrogens with zero attached hydrogens (tertiary/aromatic N) is 5. The minimum absolute atomic E-state index is 0.364. The minimum atomic E-state index is 0.364. The third-order valence-corrected chi connectivity index (χ3v) is 7.96. The Labute approximate surface area is 184 Å². The highest BCUT2D eigenvalue weighted by atomic mass is 35.5. The fraction of sp³-hybridized carbons (Fsp3) is 0.348. The third kappa shape index (κ3) is 2.77. The number of aryl methyl sites for hydroxylation is 1. The molecule has 6 rings (SSSR count). The van der Waals surface area contributed by atoms with Gasteiger partial charge in [0, 0.05) is 30.5 Å². The molecule has 1 spiro atoms. The largest absolute Gasteiger partial charge is 0.355 e. The van der Waals surface area contributed by atoms with E-state index in [1.54, 1.807) is 0 Å². The molecule has 4 aromatic heterocycles. The third-order valence-electron chi connectivity index (χ3n) is 6.79. The molecule has 0 saturated carbocycles. The standard InChI is InChI=1S/C23H22ClN5S/c1-15-20(17-5-12-30-21(17)24)29-19(4-9-26-29)22(27-15)28-10-6-23(7-11-28)13-16-3-2-8-25-18(16)14-23/h2-5,8-9,12H,6-7,10-11,13-14H2,1H3. The number of anilines is 1. The van der Waals surface area contributed by atoms with Crippen molar-refractivity contribution in [1.82, 2.24) is 19.6 Å². The number of piperidine rings is 1. The molecule has 0 aromatic carbocycles. The number of halogens is 1. The van der Waals surface area contributed by atoms with E-state index in [0.717, 1.165) is 58.6 Å². The number of hydrogen-bond acceptors (Lipinski definition) is 5. The van der Waals surface area contributed by atoms with Gasteiger partial charge in [-0.2, -0.15) is 5.10 Å². The maximum absolute atomic E-state index is 6.44. The SMILES string of the molecule is Cc1nc(N2CCC3(CC2)Cc2cccnc2C3)c2ccnn2c1-c1ccsc1Cl. The van der Waals surface area contributed by atoms with Crippen LogP contribution in [0.1, 0.15) is 29.8 Å². The van der Waals surface area contributed by atoms with Gasteiger partial charge >= 0.3 is 0 Å². The first-order valence-corrected chi connectivity index (χ1v) is 11.6. The van der Waals surface area contributed by atoms with Crippen molar-refractivity contribution >= 4 is 34.3 Å². The summed E-state index contributed by atoms with van der Waals surface area (Å²) >= 11 is 7.98. The predicted molar refractivity (Wildman–Crippen MR) is 122 cm³/mol. The molecule has 0 atom stereocenters. The summed E-state index contributed by atoms with van der Waals surface area (Å²) in [6, 6.07) is 8.43. The van der Waals surface area contributed by atoms with Crippen LogP contribution in [0.4, 0.5) is 5.82 Å². The van der Waals surface area contributed by atoms with E-state index in [4.69, 9.17) is 16.6 Å². The van der Waals surface area contributed by atoms with Gasteiger partial charge in [-0.15, -0.1) is 11.3 Å². The molecule has 0 N–H and O–H groups in total. The maximum atomic E-state index is 6.44. The van der Waals surface area contributed by atoms with Crippen molar-refractivity contribution in [2.45, 2.75) is 32.6 Å². The van der Waals surface area contributed by atoms with Crippen LogP contribution < -0.4 is 4.90 Å². The first kappa shape index (κ1) is 18.3. The van der Waals surface area contributed by atoms with Gasteiger partial charge in [0.1, 0.15) is 9.85 Å². The number of aromatic nitrogens is 4. The second-order valence-electron chi connectivity index (χ2n) is 8.56. The Morgan fingerprint density at radius 3 is 2.73 bits per heavy atom. The normalized spacial score (nSPS) is 17.7. The Bertz CT molecular complexity index is 1220. The highest BCUT2D eigenvalue weighted by molar-refractivity contribution is 7.15. The molecule has 7 heteroatoms. The van der Waals surface area contributed by atoms with E-state index in [2.05, 4.69) is 40.1 Å². The van der Waals surface area contributed by atoms with Crippen LogP contribution in [0.25, 0.3) is 16.8 Å². The van der Waals surface area contributed by atoms with E-state index in [1.807, 2.05) is 28.4 Å². The first-order chi connectivity index (χ1) is 14.6. The van der Waals surface area contributed by atoms with Crippen molar-refractivity contribution in [2.75, 3.05) is 18.0 Å². The van der Waals surface area contributed by atoms with Gasteiger partial charge in [-0.3, -0.25) is 4.98 Å². The van der Waals surface area contributed by atoms with Gasteiger partial charge in [0.05, 0.1) is 17.6 Å². The first-order valence-electron chi connectivity index (χ1n) is 10.4. The summed E-state index contributed by atoms with van der Waals surface area (Å²) < 4.78 is 2.78. The molecule has 5 heterocycles. The van der Waals surface area contributed by atoms with E-state index in [9.17, 15) is 0 Å². The molecule has 152 valence electrons. The smallest absolute Gasteiger partial charge is 0.155 e. The molecule has 5 nitrogen and oxygen atoms in total. The lowest BCUT2D eigenvalue weighted by Crippen LogP contribution is -2.41. The fourth-order valence-corrected chi connectivity index (χ4v) is 6.16. The Balaban J connectivity index is 1.32. The predicted octanol–water partition coefficient (Wildman–Crippen LogP) is 5.20. The number of rotatable bonds is 2. The zero-order valence-electron chi connectivity index (χ0n) is 16.8. The van der Waals surface area contributed by atoms with Crippen molar-refractivity contribution < 1.29 is 0 Å². The molecule has 1 aliphatic carbocycles. The summed E-state index contributed by atoms with van der Waals surface area (Å²) in [5.74, 6) is 1.03. The lowest BCUT2D eigenvalue weighted by Gasteiger charge is -2.40. The van der Waals surface area contributed by atoms with Crippen molar-refractivity contribution in [3.8, 4) is 11.3 Å². The van der Waals surface area contributed by atoms with Gasteiger partial charge in [0.25, 0.3) is 0 Å². The minimum Gasteiger partial charge on any atom is -0.355 e. The molecular weight excluding hydrogens is 414 g/mol. The van der Waals surface area contributed by atoms with Gasteiger partial charge in [-0.1, -0.05) is 17.7 Å². The molecule has 4 aromatic rings. The van der Waals surface area contributed by atoms with Gasteiger partial charge < -0.3 is 4.90 Å². The highest BCUT2D eigenvalue weighted by Gasteiger charge is 2.41. The van der Waals surface area contributed by atoms with Gasteiger partial charge in [0.15, 0.2) is 5.82 Å². The number of thiophene rings is 1. The lowest BCUT2D eigenvalue weighted by molar-refractivity contribution is 0.231. The van der Waals surface area contributed by atoms with Crippen molar-refractivity contribution in [1.29, 1.82) is 0 Å². The van der Waals surface area contributed by atoms with Crippen molar-refractivity contribution in [3.63, 3.8) is 0 Å². The van der Waals surface area contributed by atoms with Crippen LogP contribution >= 0.6 is 22.9 Å². The summed E-state index contributed by atoms with van der Waals surface area (Å²) in [7, 11) is 0. The Hall–Kier alpha value is -2.44. The maximum Gasteiger partial charge on any atom is 0.155 e. The summed E-state index contributed by atoms with van der Waals surface area (Å²) in [5, 5.41) is 6.63. The van der Waals surface area contributed by atoms with Crippen LogP contribution in [0.5, 0.6) is 0 Å². The number of hydrogen-bond donors (Lipinski definition) is 0. The van der Waals surface area contributed by atoms with Gasteiger partial charge in [-0.05, 0) is 67.2 Å². The van der Waals surface area contributed by atoms with Gasteiger partial charge in [0.2, 0.25) is 0 Å². The molecular formula is C23H22ClN5S. The zero-order chi connectivity index (χ0) is 20.3.